The van der Waals surface area contributed by atoms with Gasteiger partial charge in [0, 0.05) is 77.8 Å². The number of carboxylic acid groups (broad SMARTS) is 5. The van der Waals surface area contributed by atoms with Gasteiger partial charge in [0.1, 0.15) is 19.8 Å². The number of rotatable bonds is 55. The molecule has 0 spiro atoms. The Balaban J connectivity index is 2.79. The molecule has 0 bridgehead atoms. The zero-order chi connectivity index (χ0) is 64.1. The number of ether oxygens (including phenoxy) is 5. The van der Waals surface area contributed by atoms with E-state index in [-0.39, 0.29) is 111 Å². The molecular formula is C62H112N6O19. The Morgan fingerprint density at radius 2 is 0.839 bits per heavy atom. The van der Waals surface area contributed by atoms with Crippen molar-refractivity contribution in [2.45, 2.75) is 206 Å². The number of hydrogen-bond acceptors (Lipinski definition) is 19. The van der Waals surface area contributed by atoms with Gasteiger partial charge in [-0.2, -0.15) is 0 Å². The summed E-state index contributed by atoms with van der Waals surface area (Å²) in [7, 11) is 0. The van der Waals surface area contributed by atoms with E-state index in [0.29, 0.717) is 12.8 Å². The van der Waals surface area contributed by atoms with Crippen LogP contribution in [-0.4, -0.2) is 254 Å². The monoisotopic (exact) mass is 1240 g/mol. The van der Waals surface area contributed by atoms with E-state index in [9.17, 15) is 68.7 Å². The van der Waals surface area contributed by atoms with Gasteiger partial charge in [0.25, 0.3) is 0 Å². The number of esters is 3. The second-order valence-electron chi connectivity index (χ2n) is 23.0. The lowest BCUT2D eigenvalue weighted by molar-refractivity contribution is -0.168. The Labute approximate surface area is 517 Å². The van der Waals surface area contributed by atoms with E-state index in [1.165, 1.54) is 120 Å². The lowest BCUT2D eigenvalue weighted by Crippen LogP contribution is -2.57. The molecule has 0 aromatic rings. The van der Waals surface area contributed by atoms with Gasteiger partial charge in [0.05, 0.1) is 59.1 Å². The molecule has 0 aromatic heterocycles. The summed E-state index contributed by atoms with van der Waals surface area (Å²) in [5.74, 6) is -8.35. The van der Waals surface area contributed by atoms with Crippen LogP contribution in [0, 0.1) is 0 Å². The fraction of sp³-hybridized carbons (Fsp3) is 0.855. The number of carboxylic acids is 5. The Bertz CT molecular complexity index is 1870. The molecule has 1 amide bonds. The molecule has 504 valence electrons. The van der Waals surface area contributed by atoms with E-state index < -0.39 is 105 Å². The first-order valence-corrected chi connectivity index (χ1v) is 32.6. The molecule has 25 heteroatoms. The van der Waals surface area contributed by atoms with Crippen LogP contribution < -0.4 is 5.32 Å². The van der Waals surface area contributed by atoms with Crippen LogP contribution in [0.15, 0.2) is 0 Å². The zero-order valence-corrected chi connectivity index (χ0v) is 53.0. The molecule has 2 unspecified atom stereocenters. The average molecular weight is 1250 g/mol. The Hall–Kier alpha value is -5.05. The fourth-order valence-corrected chi connectivity index (χ4v) is 10.3. The summed E-state index contributed by atoms with van der Waals surface area (Å²) >= 11 is 0. The van der Waals surface area contributed by atoms with Crippen molar-refractivity contribution in [2.24, 2.45) is 0 Å². The van der Waals surface area contributed by atoms with Crippen molar-refractivity contribution in [2.75, 3.05) is 138 Å². The smallest absolute Gasteiger partial charge is 0.332 e. The third-order valence-corrected chi connectivity index (χ3v) is 15.1. The highest BCUT2D eigenvalue weighted by Crippen LogP contribution is 2.16. The summed E-state index contributed by atoms with van der Waals surface area (Å²) in [6, 6.07) is -0.881. The number of unbranched alkanes of at least 4 members (excludes halogenated alkanes) is 24. The third kappa shape index (κ3) is 49.5. The molecule has 1 fully saturated rings. The van der Waals surface area contributed by atoms with Gasteiger partial charge in [-0.05, 0) is 12.8 Å². The Morgan fingerprint density at radius 1 is 0.448 bits per heavy atom. The van der Waals surface area contributed by atoms with Gasteiger partial charge < -0.3 is 54.5 Å². The summed E-state index contributed by atoms with van der Waals surface area (Å²) in [4.78, 5) is 119. The lowest BCUT2D eigenvalue weighted by Gasteiger charge is -2.39. The number of hydrogen-bond donors (Lipinski definition) is 6. The van der Waals surface area contributed by atoms with Gasteiger partial charge in [0.2, 0.25) is 5.91 Å². The quantitative estimate of drug-likeness (QED) is 0.0218. The van der Waals surface area contributed by atoms with Crippen molar-refractivity contribution < 1.29 is 92.4 Å². The van der Waals surface area contributed by atoms with Crippen molar-refractivity contribution in [1.29, 1.82) is 0 Å². The second-order valence-corrected chi connectivity index (χ2v) is 23.0. The highest BCUT2D eigenvalue weighted by atomic mass is 16.6. The van der Waals surface area contributed by atoms with E-state index in [0.717, 1.165) is 43.4 Å². The highest BCUT2D eigenvalue weighted by molar-refractivity contribution is 5.78. The molecule has 1 heterocycles. The van der Waals surface area contributed by atoms with Crippen molar-refractivity contribution in [3.8, 4) is 0 Å². The van der Waals surface area contributed by atoms with E-state index in [1.807, 2.05) is 0 Å². The number of nitrogens with one attached hydrogen (secondary N) is 1. The number of nitrogens with zero attached hydrogens (tertiary/aromatic N) is 5. The molecule has 25 nitrogen and oxygen atoms in total. The maximum absolute atomic E-state index is 13.5. The predicted octanol–water partition coefficient (Wildman–Crippen LogP) is 6.41. The molecule has 0 saturated carbocycles. The van der Waals surface area contributed by atoms with E-state index in [1.54, 1.807) is 14.7 Å². The zero-order valence-electron chi connectivity index (χ0n) is 53.0. The van der Waals surface area contributed by atoms with Crippen LogP contribution >= 0.6 is 0 Å². The average Bonchev–Trinajstić information content (AvgIpc) is 3.40. The SMILES string of the molecule is CCCCCCCCCCCCCCCC(=O)OCC(COC(=O)COCCOCCNC(=O)CN1CCN(CC(=O)O)CCN(CC(=O)O)CCN(CC(=O)O)CC1CN(CC(=O)O)CC(=O)O)OC(=O)CCCCCCCCCCCCCCC. The molecule has 1 rings (SSSR count). The van der Waals surface area contributed by atoms with Gasteiger partial charge in [-0.15, -0.1) is 0 Å². The second kappa shape index (κ2) is 53.9. The summed E-state index contributed by atoms with van der Waals surface area (Å²) in [6.07, 6.45) is 30.0. The topological polar surface area (TPSA) is 329 Å². The van der Waals surface area contributed by atoms with Gasteiger partial charge in [-0.25, -0.2) is 4.79 Å². The van der Waals surface area contributed by atoms with Crippen molar-refractivity contribution in [3.63, 3.8) is 0 Å². The van der Waals surface area contributed by atoms with Crippen molar-refractivity contribution in [3.05, 3.63) is 0 Å². The molecule has 6 N–H and O–H groups in total. The molecule has 1 aliphatic rings. The van der Waals surface area contributed by atoms with Gasteiger partial charge in [0.15, 0.2) is 6.10 Å². The Kier molecular flexibility index (Phi) is 49.6. The summed E-state index contributed by atoms with van der Waals surface area (Å²) < 4.78 is 27.6. The maximum atomic E-state index is 13.5. The minimum absolute atomic E-state index is 0.00264. The first kappa shape index (κ1) is 80.0. The maximum Gasteiger partial charge on any atom is 0.332 e. The first-order valence-electron chi connectivity index (χ1n) is 32.6. The molecule has 87 heavy (non-hydrogen) atoms. The van der Waals surface area contributed by atoms with Gasteiger partial charge >= 0.3 is 47.8 Å². The van der Waals surface area contributed by atoms with Gasteiger partial charge in [-0.3, -0.25) is 62.9 Å². The van der Waals surface area contributed by atoms with Crippen molar-refractivity contribution >= 4 is 53.7 Å². The minimum Gasteiger partial charge on any atom is -0.480 e. The van der Waals surface area contributed by atoms with Gasteiger partial charge in [-0.1, -0.05) is 168 Å². The standard InChI is InChI=1S/C62H112N6O19/c1-3-5-7-9-11-13-15-17-19-21-23-25-27-29-60(80)85-49-53(87-61(81)30-28-26-24-22-20-18-16-14-12-10-8-6-4-2)50-86-62(82)51-84-40-39-83-38-31-63-54(69)43-68-37-36-65(45-56(72)73)33-32-64(44-55(70)71)34-35-66(46-57(74)75)41-52(68)42-67(47-58(76)77)48-59(78)79/h52-53H,3-51H2,1-2H3,(H,63,69)(H,70,71)(H,72,73)(H,74,75)(H,76,77)(H,78,79). The molecule has 1 aliphatic heterocycles. The molecule has 2 atom stereocenters. The van der Waals surface area contributed by atoms with Crippen LogP contribution in [0.4, 0.5) is 0 Å². The fourth-order valence-electron chi connectivity index (χ4n) is 10.3. The van der Waals surface area contributed by atoms with Crippen LogP contribution in [-0.2, 0) is 66.8 Å². The summed E-state index contributed by atoms with van der Waals surface area (Å²) in [6.45, 7) is 0.253. The third-order valence-electron chi connectivity index (χ3n) is 15.1. The van der Waals surface area contributed by atoms with Crippen LogP contribution in [0.2, 0.25) is 0 Å². The largest absolute Gasteiger partial charge is 0.480 e. The normalized spacial score (nSPS) is 15.3. The molecule has 1 saturated heterocycles. The highest BCUT2D eigenvalue weighted by Gasteiger charge is 2.30. The Morgan fingerprint density at radius 3 is 1.29 bits per heavy atom. The molecule has 0 aliphatic carbocycles. The van der Waals surface area contributed by atoms with Crippen LogP contribution in [0.3, 0.4) is 0 Å². The van der Waals surface area contributed by atoms with Crippen molar-refractivity contribution in [1.82, 2.24) is 29.8 Å². The molecular weight excluding hydrogens is 1130 g/mol. The number of aliphatic carboxylic acids is 5. The molecule has 0 aromatic carbocycles. The number of carbonyl (C=O) groups excluding carboxylic acids is 4. The van der Waals surface area contributed by atoms with E-state index >= 15 is 0 Å². The van der Waals surface area contributed by atoms with Crippen LogP contribution in [0.1, 0.15) is 194 Å². The summed E-state index contributed by atoms with van der Waals surface area (Å²) in [5.41, 5.74) is 0. The van der Waals surface area contributed by atoms with E-state index in [2.05, 4.69) is 19.2 Å². The van der Waals surface area contributed by atoms with Crippen LogP contribution in [0.25, 0.3) is 0 Å². The number of carbonyl (C=O) groups is 9. The summed E-state index contributed by atoms with van der Waals surface area (Å²) in [5, 5.41) is 51.1. The lowest BCUT2D eigenvalue weighted by atomic mass is 10.0. The van der Waals surface area contributed by atoms with E-state index in [4.69, 9.17) is 23.7 Å². The molecule has 0 radical (unpaired) electrons. The predicted molar refractivity (Wildman–Crippen MR) is 326 cm³/mol. The first-order chi connectivity index (χ1) is 41.9. The number of amides is 1. The minimum atomic E-state index is -1.33. The van der Waals surface area contributed by atoms with Crippen LogP contribution in [0.5, 0.6) is 0 Å².